The fourth-order valence-corrected chi connectivity index (χ4v) is 1.94. The number of benzene rings is 1. The van der Waals surface area contributed by atoms with Crippen LogP contribution in [0, 0.1) is 0 Å². The van der Waals surface area contributed by atoms with E-state index in [1.54, 1.807) is 31.2 Å². The normalized spacial score (nSPS) is 23.7. The second-order valence-corrected chi connectivity index (χ2v) is 4.71. The average molecular weight is 248 g/mol. The summed E-state index contributed by atoms with van der Waals surface area (Å²) < 4.78 is 10.7. The summed E-state index contributed by atoms with van der Waals surface area (Å²) in [7, 11) is 0. The summed E-state index contributed by atoms with van der Waals surface area (Å²) in [5.41, 5.74) is -0.178. The second kappa shape index (κ2) is 5.31. The van der Waals surface area contributed by atoms with Crippen molar-refractivity contribution in [3.8, 4) is 0 Å². The first-order valence-electron chi connectivity index (χ1n) is 5.97. The summed E-state index contributed by atoms with van der Waals surface area (Å²) in [6.07, 6.45) is 0.747. The Morgan fingerprint density at radius 1 is 1.39 bits per heavy atom. The molecule has 96 valence electrons. The predicted molar refractivity (Wildman–Crippen MR) is 65.3 cm³/mol. The summed E-state index contributed by atoms with van der Waals surface area (Å²) in [4.78, 5) is 23.1. The molecule has 0 spiro atoms. The van der Waals surface area contributed by atoms with E-state index in [9.17, 15) is 9.59 Å². The van der Waals surface area contributed by atoms with Gasteiger partial charge in [-0.1, -0.05) is 18.2 Å². The van der Waals surface area contributed by atoms with Gasteiger partial charge in [-0.3, -0.25) is 4.79 Å². The highest BCUT2D eigenvalue weighted by molar-refractivity contribution is 5.89. The van der Waals surface area contributed by atoms with Gasteiger partial charge >= 0.3 is 5.97 Å². The van der Waals surface area contributed by atoms with Crippen LogP contribution in [0.15, 0.2) is 30.3 Å². The topological polar surface area (TPSA) is 52.6 Å². The lowest BCUT2D eigenvalue weighted by molar-refractivity contribution is -0.143. The molecule has 2 rings (SSSR count). The van der Waals surface area contributed by atoms with Gasteiger partial charge in [0.25, 0.3) is 0 Å². The van der Waals surface area contributed by atoms with Gasteiger partial charge < -0.3 is 9.47 Å². The van der Waals surface area contributed by atoms with Gasteiger partial charge in [0.2, 0.25) is 0 Å². The molecular weight excluding hydrogens is 232 g/mol. The molecule has 0 bridgehead atoms. The average Bonchev–Trinajstić information content (AvgIpc) is 2.37. The molecule has 0 aromatic heterocycles. The van der Waals surface area contributed by atoms with Gasteiger partial charge in [0.15, 0.2) is 0 Å². The standard InChI is InChI=1S/C14H16O4/c1-14(9-12(15)7-8-18-14)10-17-13(16)11-5-3-2-4-6-11/h2-6H,7-10H2,1H3/t14-/m1/s1. The van der Waals surface area contributed by atoms with Gasteiger partial charge in [0, 0.05) is 12.8 Å². The van der Waals surface area contributed by atoms with Crippen molar-refractivity contribution in [3.05, 3.63) is 35.9 Å². The summed E-state index contributed by atoms with van der Waals surface area (Å²) in [6, 6.07) is 8.77. The van der Waals surface area contributed by atoms with Crippen LogP contribution in [0.2, 0.25) is 0 Å². The summed E-state index contributed by atoms with van der Waals surface area (Å²) in [5.74, 6) is -0.238. The molecule has 0 aliphatic carbocycles. The molecule has 0 saturated carbocycles. The monoisotopic (exact) mass is 248 g/mol. The highest BCUT2D eigenvalue weighted by Gasteiger charge is 2.33. The van der Waals surface area contributed by atoms with Gasteiger partial charge in [-0.25, -0.2) is 4.79 Å². The zero-order chi connectivity index (χ0) is 13.0. The number of carbonyl (C=O) groups is 2. The first kappa shape index (κ1) is 12.8. The van der Waals surface area contributed by atoms with Crippen LogP contribution in [0.4, 0.5) is 0 Å². The van der Waals surface area contributed by atoms with Crippen LogP contribution in [0.5, 0.6) is 0 Å². The molecule has 18 heavy (non-hydrogen) atoms. The lowest BCUT2D eigenvalue weighted by Gasteiger charge is -2.32. The van der Waals surface area contributed by atoms with Crippen LogP contribution in [0.3, 0.4) is 0 Å². The Labute approximate surface area is 106 Å². The van der Waals surface area contributed by atoms with Crippen LogP contribution >= 0.6 is 0 Å². The molecular formula is C14H16O4. The van der Waals surface area contributed by atoms with E-state index in [4.69, 9.17) is 9.47 Å². The van der Waals surface area contributed by atoms with E-state index in [-0.39, 0.29) is 12.4 Å². The third kappa shape index (κ3) is 3.17. The summed E-state index contributed by atoms with van der Waals surface area (Å²) in [6.45, 7) is 2.30. The van der Waals surface area contributed by atoms with Crippen molar-refractivity contribution in [1.82, 2.24) is 0 Å². The third-order valence-corrected chi connectivity index (χ3v) is 2.92. The molecule has 1 fully saturated rings. The molecule has 1 saturated heterocycles. The van der Waals surface area contributed by atoms with Gasteiger partial charge in [-0.15, -0.1) is 0 Å². The zero-order valence-corrected chi connectivity index (χ0v) is 10.3. The van der Waals surface area contributed by atoms with Crippen molar-refractivity contribution in [2.45, 2.75) is 25.4 Å². The van der Waals surface area contributed by atoms with Gasteiger partial charge in [-0.05, 0) is 19.1 Å². The van der Waals surface area contributed by atoms with Crippen molar-refractivity contribution in [1.29, 1.82) is 0 Å². The Morgan fingerprint density at radius 2 is 2.11 bits per heavy atom. The van der Waals surface area contributed by atoms with Crippen molar-refractivity contribution in [2.24, 2.45) is 0 Å². The minimum Gasteiger partial charge on any atom is -0.459 e. The maximum absolute atomic E-state index is 11.7. The molecule has 1 aromatic rings. The van der Waals surface area contributed by atoms with Crippen LogP contribution in [-0.2, 0) is 14.3 Å². The lowest BCUT2D eigenvalue weighted by atomic mass is 9.96. The molecule has 0 amide bonds. The molecule has 1 aliphatic heterocycles. The maximum atomic E-state index is 11.7. The Kier molecular flexibility index (Phi) is 3.77. The Balaban J connectivity index is 1.91. The SMILES string of the molecule is C[C@]1(COC(=O)c2ccccc2)CC(=O)CCO1. The van der Waals surface area contributed by atoms with E-state index in [1.165, 1.54) is 0 Å². The highest BCUT2D eigenvalue weighted by atomic mass is 16.6. The van der Waals surface area contributed by atoms with Gasteiger partial charge in [-0.2, -0.15) is 0 Å². The van der Waals surface area contributed by atoms with Crippen LogP contribution < -0.4 is 0 Å². The van der Waals surface area contributed by atoms with Crippen molar-refractivity contribution in [3.63, 3.8) is 0 Å². The molecule has 0 radical (unpaired) electrons. The van der Waals surface area contributed by atoms with Crippen LogP contribution in [0.25, 0.3) is 0 Å². The number of hydrogen-bond acceptors (Lipinski definition) is 4. The minimum atomic E-state index is -0.681. The van der Waals surface area contributed by atoms with E-state index in [1.807, 2.05) is 6.07 Å². The maximum Gasteiger partial charge on any atom is 0.338 e. The lowest BCUT2D eigenvalue weighted by Crippen LogP contribution is -2.42. The molecule has 1 atom stereocenters. The number of esters is 1. The highest BCUT2D eigenvalue weighted by Crippen LogP contribution is 2.22. The molecule has 4 heteroatoms. The number of rotatable bonds is 3. The molecule has 1 heterocycles. The largest absolute Gasteiger partial charge is 0.459 e. The van der Waals surface area contributed by atoms with Crippen LogP contribution in [0.1, 0.15) is 30.1 Å². The summed E-state index contributed by atoms with van der Waals surface area (Å²) in [5, 5.41) is 0. The van der Waals surface area contributed by atoms with Crippen molar-refractivity contribution < 1.29 is 19.1 Å². The number of ketones is 1. The zero-order valence-electron chi connectivity index (χ0n) is 10.3. The molecule has 0 N–H and O–H groups in total. The third-order valence-electron chi connectivity index (χ3n) is 2.92. The number of Topliss-reactive ketones (excluding diaryl/α,β-unsaturated/α-hetero) is 1. The fourth-order valence-electron chi connectivity index (χ4n) is 1.94. The fraction of sp³-hybridized carbons (Fsp3) is 0.429. The van der Waals surface area contributed by atoms with E-state index >= 15 is 0 Å². The molecule has 4 nitrogen and oxygen atoms in total. The Hall–Kier alpha value is -1.68. The van der Waals surface area contributed by atoms with Crippen molar-refractivity contribution >= 4 is 11.8 Å². The van der Waals surface area contributed by atoms with E-state index < -0.39 is 11.6 Å². The Bertz CT molecular complexity index is 440. The number of carbonyl (C=O) groups excluding carboxylic acids is 2. The number of hydrogen-bond donors (Lipinski definition) is 0. The van der Waals surface area contributed by atoms with E-state index in [2.05, 4.69) is 0 Å². The minimum absolute atomic E-state index is 0.104. The molecule has 1 aromatic carbocycles. The smallest absolute Gasteiger partial charge is 0.338 e. The van der Waals surface area contributed by atoms with Crippen molar-refractivity contribution in [2.75, 3.05) is 13.2 Å². The first-order valence-corrected chi connectivity index (χ1v) is 5.97. The quantitative estimate of drug-likeness (QED) is 0.767. The first-order chi connectivity index (χ1) is 8.59. The van der Waals surface area contributed by atoms with Crippen LogP contribution in [-0.4, -0.2) is 30.6 Å². The molecule has 0 unspecified atom stereocenters. The van der Waals surface area contributed by atoms with Gasteiger partial charge in [0.1, 0.15) is 18.0 Å². The molecule has 1 aliphatic rings. The van der Waals surface area contributed by atoms with E-state index in [0.717, 1.165) is 0 Å². The summed E-state index contributed by atoms with van der Waals surface area (Å²) >= 11 is 0. The Morgan fingerprint density at radius 3 is 2.78 bits per heavy atom. The van der Waals surface area contributed by atoms with E-state index in [0.29, 0.717) is 25.0 Å². The van der Waals surface area contributed by atoms with Gasteiger partial charge in [0.05, 0.1) is 12.2 Å². The number of ether oxygens (including phenoxy) is 2. The predicted octanol–water partition coefficient (Wildman–Crippen LogP) is 1.98. The second-order valence-electron chi connectivity index (χ2n) is 4.71.